The first-order chi connectivity index (χ1) is 9.75. The number of aliphatic hydroxyl groups excluding tert-OH is 1. The topological polar surface area (TPSA) is 38.1 Å². The highest BCUT2D eigenvalue weighted by Gasteiger charge is 2.17. The molecular weight excluding hydrogens is 248 g/mol. The van der Waals surface area contributed by atoms with Crippen LogP contribution in [0.15, 0.2) is 24.3 Å². The number of rotatable bonds is 4. The number of imidazole rings is 1. The Morgan fingerprint density at radius 2 is 2.00 bits per heavy atom. The number of aliphatic hydroxyl groups is 1. The van der Waals surface area contributed by atoms with Crippen LogP contribution in [0, 0.1) is 5.92 Å². The number of aromatic nitrogens is 2. The minimum atomic E-state index is -0.506. The predicted octanol–water partition coefficient (Wildman–Crippen LogP) is 4.06. The van der Waals surface area contributed by atoms with Gasteiger partial charge in [-0.2, -0.15) is 0 Å². The number of hydrogen-bond donors (Lipinski definition) is 1. The Morgan fingerprint density at radius 3 is 2.75 bits per heavy atom. The van der Waals surface area contributed by atoms with Crippen molar-refractivity contribution in [3.05, 3.63) is 30.1 Å². The molecule has 1 fully saturated rings. The lowest BCUT2D eigenvalue weighted by atomic mass is 9.87. The zero-order chi connectivity index (χ0) is 13.9. The molecule has 2 aromatic rings. The van der Waals surface area contributed by atoms with E-state index in [-0.39, 0.29) is 0 Å². The van der Waals surface area contributed by atoms with Crippen LogP contribution in [0.1, 0.15) is 57.4 Å². The highest BCUT2D eigenvalue weighted by molar-refractivity contribution is 5.75. The molecule has 0 aliphatic heterocycles. The van der Waals surface area contributed by atoms with E-state index >= 15 is 0 Å². The van der Waals surface area contributed by atoms with Crippen molar-refractivity contribution in [2.75, 3.05) is 0 Å². The zero-order valence-corrected chi connectivity index (χ0v) is 12.3. The van der Waals surface area contributed by atoms with E-state index in [2.05, 4.69) is 15.6 Å². The first-order valence-corrected chi connectivity index (χ1v) is 7.89. The summed E-state index contributed by atoms with van der Waals surface area (Å²) < 4.78 is 2.22. The van der Waals surface area contributed by atoms with E-state index in [0.29, 0.717) is 0 Å². The molecule has 1 aliphatic carbocycles. The number of nitrogens with zero attached hydrogens (tertiary/aromatic N) is 2. The summed E-state index contributed by atoms with van der Waals surface area (Å²) in [6.45, 7) is 2.78. The first-order valence-electron chi connectivity index (χ1n) is 7.89. The van der Waals surface area contributed by atoms with E-state index in [0.717, 1.165) is 29.3 Å². The lowest BCUT2D eigenvalue weighted by Crippen LogP contribution is -2.13. The maximum absolute atomic E-state index is 9.96. The van der Waals surface area contributed by atoms with Crippen LogP contribution in [-0.4, -0.2) is 14.7 Å². The molecule has 0 saturated heterocycles. The molecule has 0 radical (unpaired) electrons. The zero-order valence-electron chi connectivity index (χ0n) is 12.3. The van der Waals surface area contributed by atoms with Gasteiger partial charge >= 0.3 is 0 Å². The molecule has 1 N–H and O–H groups in total. The van der Waals surface area contributed by atoms with Crippen molar-refractivity contribution in [2.24, 2.45) is 5.92 Å². The monoisotopic (exact) mass is 272 g/mol. The van der Waals surface area contributed by atoms with Crippen LogP contribution in [0.3, 0.4) is 0 Å². The summed E-state index contributed by atoms with van der Waals surface area (Å²) in [5, 5.41) is 9.96. The molecule has 3 nitrogen and oxygen atoms in total. The Balaban J connectivity index is 1.83. The van der Waals surface area contributed by atoms with Crippen molar-refractivity contribution in [1.82, 2.24) is 9.55 Å². The fraction of sp³-hybridized carbons (Fsp3) is 0.588. The molecule has 20 heavy (non-hydrogen) atoms. The summed E-state index contributed by atoms with van der Waals surface area (Å²) in [5.41, 5.74) is 2.14. The Morgan fingerprint density at radius 1 is 1.25 bits per heavy atom. The van der Waals surface area contributed by atoms with Gasteiger partial charge in [0, 0.05) is 6.54 Å². The van der Waals surface area contributed by atoms with Crippen LogP contribution in [0.25, 0.3) is 11.0 Å². The van der Waals surface area contributed by atoms with E-state index in [1.54, 1.807) is 6.92 Å². The summed E-state index contributed by atoms with van der Waals surface area (Å²) in [6.07, 6.45) is 7.63. The van der Waals surface area contributed by atoms with Gasteiger partial charge < -0.3 is 9.67 Å². The normalized spacial score (nSPS) is 18.5. The third kappa shape index (κ3) is 2.73. The Bertz CT molecular complexity index is 567. The second-order valence-corrected chi connectivity index (χ2v) is 6.08. The first kappa shape index (κ1) is 13.6. The standard InChI is InChI=1S/C17H24N2O/c1-13(20)17-18-15-9-5-6-10-16(15)19(17)12-11-14-7-3-2-4-8-14/h5-6,9-10,13-14,20H,2-4,7-8,11-12H2,1H3/t13-/m1/s1. The second kappa shape index (κ2) is 5.96. The molecule has 3 heteroatoms. The lowest BCUT2D eigenvalue weighted by Gasteiger charge is -2.22. The third-order valence-corrected chi connectivity index (χ3v) is 4.54. The van der Waals surface area contributed by atoms with Crippen molar-refractivity contribution in [3.63, 3.8) is 0 Å². The van der Waals surface area contributed by atoms with Gasteiger partial charge in [-0.05, 0) is 31.4 Å². The van der Waals surface area contributed by atoms with Gasteiger partial charge in [-0.15, -0.1) is 0 Å². The fourth-order valence-electron chi connectivity index (χ4n) is 3.44. The molecule has 1 aromatic heterocycles. The number of fused-ring (bicyclic) bond motifs is 1. The van der Waals surface area contributed by atoms with Crippen molar-refractivity contribution in [1.29, 1.82) is 0 Å². The smallest absolute Gasteiger partial charge is 0.138 e. The highest BCUT2D eigenvalue weighted by atomic mass is 16.3. The molecule has 1 heterocycles. The average molecular weight is 272 g/mol. The largest absolute Gasteiger partial charge is 0.385 e. The second-order valence-electron chi connectivity index (χ2n) is 6.08. The summed E-state index contributed by atoms with van der Waals surface area (Å²) in [6, 6.07) is 8.19. The number of hydrogen-bond acceptors (Lipinski definition) is 2. The summed E-state index contributed by atoms with van der Waals surface area (Å²) in [7, 11) is 0. The molecule has 0 bridgehead atoms. The molecular formula is C17H24N2O. The van der Waals surface area contributed by atoms with E-state index in [4.69, 9.17) is 0 Å². The molecule has 0 amide bonds. The molecule has 3 rings (SSSR count). The van der Waals surface area contributed by atoms with Crippen LogP contribution in [0.5, 0.6) is 0 Å². The minimum Gasteiger partial charge on any atom is -0.385 e. The average Bonchev–Trinajstić information content (AvgIpc) is 2.85. The maximum atomic E-state index is 9.96. The number of para-hydroxylation sites is 2. The summed E-state index contributed by atoms with van der Waals surface area (Å²) >= 11 is 0. The van der Waals surface area contributed by atoms with E-state index < -0.39 is 6.10 Å². The molecule has 108 valence electrons. The van der Waals surface area contributed by atoms with E-state index in [1.807, 2.05) is 18.2 Å². The van der Waals surface area contributed by atoms with Crippen molar-refractivity contribution < 1.29 is 5.11 Å². The van der Waals surface area contributed by atoms with Crippen LogP contribution in [0.4, 0.5) is 0 Å². The van der Waals surface area contributed by atoms with E-state index in [9.17, 15) is 5.11 Å². The van der Waals surface area contributed by atoms with Gasteiger partial charge in [0.05, 0.1) is 11.0 Å². The van der Waals surface area contributed by atoms with Crippen molar-refractivity contribution >= 4 is 11.0 Å². The third-order valence-electron chi connectivity index (χ3n) is 4.54. The molecule has 1 saturated carbocycles. The summed E-state index contributed by atoms with van der Waals surface area (Å²) in [4.78, 5) is 4.59. The van der Waals surface area contributed by atoms with Gasteiger partial charge in [0.25, 0.3) is 0 Å². The molecule has 1 atom stereocenters. The van der Waals surface area contributed by atoms with Crippen LogP contribution >= 0.6 is 0 Å². The fourth-order valence-corrected chi connectivity index (χ4v) is 3.44. The quantitative estimate of drug-likeness (QED) is 0.911. The van der Waals surface area contributed by atoms with Gasteiger partial charge in [0.1, 0.15) is 11.9 Å². The van der Waals surface area contributed by atoms with Crippen LogP contribution in [0.2, 0.25) is 0 Å². The van der Waals surface area contributed by atoms with Crippen LogP contribution < -0.4 is 0 Å². The Labute approximate surface area is 120 Å². The number of benzene rings is 1. The SMILES string of the molecule is C[C@@H](O)c1nc2ccccc2n1CCC1CCCCC1. The Hall–Kier alpha value is -1.35. The highest BCUT2D eigenvalue weighted by Crippen LogP contribution is 2.28. The lowest BCUT2D eigenvalue weighted by molar-refractivity contribution is 0.183. The molecule has 1 aliphatic rings. The molecule has 0 unspecified atom stereocenters. The predicted molar refractivity (Wildman–Crippen MR) is 81.6 cm³/mol. The van der Waals surface area contributed by atoms with Gasteiger partial charge in [-0.3, -0.25) is 0 Å². The maximum Gasteiger partial charge on any atom is 0.138 e. The van der Waals surface area contributed by atoms with Crippen molar-refractivity contribution in [2.45, 2.75) is 58.1 Å². The molecule has 0 spiro atoms. The Kier molecular flexibility index (Phi) is 4.06. The number of aryl methyl sites for hydroxylation is 1. The van der Waals surface area contributed by atoms with Gasteiger partial charge in [0.15, 0.2) is 0 Å². The van der Waals surface area contributed by atoms with Gasteiger partial charge in [-0.1, -0.05) is 44.2 Å². The minimum absolute atomic E-state index is 0.506. The summed E-state index contributed by atoms with van der Waals surface area (Å²) in [5.74, 6) is 1.66. The van der Waals surface area contributed by atoms with Gasteiger partial charge in [0.2, 0.25) is 0 Å². The van der Waals surface area contributed by atoms with Gasteiger partial charge in [-0.25, -0.2) is 4.98 Å². The molecule has 1 aromatic carbocycles. The van der Waals surface area contributed by atoms with Crippen molar-refractivity contribution in [3.8, 4) is 0 Å². The van der Waals surface area contributed by atoms with Crippen LogP contribution in [-0.2, 0) is 6.54 Å². The van der Waals surface area contributed by atoms with E-state index in [1.165, 1.54) is 38.5 Å².